The van der Waals surface area contributed by atoms with Gasteiger partial charge in [0.2, 0.25) is 5.82 Å². The number of carbonyl (C=O) groups is 1. The molecule has 1 aliphatic rings. The lowest BCUT2D eigenvalue weighted by molar-refractivity contribution is 0.0587. The van der Waals surface area contributed by atoms with Crippen molar-refractivity contribution in [3.8, 4) is 0 Å². The summed E-state index contributed by atoms with van der Waals surface area (Å²) >= 11 is 0. The van der Waals surface area contributed by atoms with Crippen LogP contribution in [0.1, 0.15) is 23.5 Å². The predicted molar refractivity (Wildman–Crippen MR) is 67.5 cm³/mol. The van der Waals surface area contributed by atoms with Gasteiger partial charge < -0.3 is 15.0 Å². The van der Waals surface area contributed by atoms with Gasteiger partial charge in [0, 0.05) is 25.3 Å². The summed E-state index contributed by atoms with van der Waals surface area (Å²) in [4.78, 5) is 21.5. The van der Waals surface area contributed by atoms with Crippen LogP contribution in [0.2, 0.25) is 0 Å². The third kappa shape index (κ3) is 3.40. The average Bonchev–Trinajstić information content (AvgIpc) is 3.22. The first-order valence-corrected chi connectivity index (χ1v) is 6.06. The van der Waals surface area contributed by atoms with Gasteiger partial charge in [-0.2, -0.15) is 0 Å². The van der Waals surface area contributed by atoms with Crippen LogP contribution in [0.15, 0.2) is 12.3 Å². The first-order valence-electron chi connectivity index (χ1n) is 6.06. The molecule has 1 aliphatic carbocycles. The van der Waals surface area contributed by atoms with Crippen LogP contribution >= 0.6 is 0 Å². The number of hydrogen-bond donors (Lipinski definition) is 1. The molecule has 0 unspecified atom stereocenters. The van der Waals surface area contributed by atoms with Crippen LogP contribution in [0.4, 0.5) is 5.82 Å². The standard InChI is InChI=1S/C12H18N4O2/c1-16(9-3-4-9)8-7-13-10-5-6-14-11(15-10)12(17)18-2/h5-6,9H,3-4,7-8H2,1-2H3,(H,13,14,15). The Bertz CT molecular complexity index is 420. The van der Waals surface area contributed by atoms with Gasteiger partial charge in [0.25, 0.3) is 0 Å². The number of rotatable bonds is 6. The lowest BCUT2D eigenvalue weighted by atomic mass is 10.4. The summed E-state index contributed by atoms with van der Waals surface area (Å²) in [5, 5.41) is 3.18. The quantitative estimate of drug-likeness (QED) is 0.752. The molecule has 18 heavy (non-hydrogen) atoms. The molecular weight excluding hydrogens is 232 g/mol. The SMILES string of the molecule is COC(=O)c1nccc(NCCN(C)C2CC2)n1. The number of nitrogens with zero attached hydrogens (tertiary/aromatic N) is 3. The fourth-order valence-corrected chi connectivity index (χ4v) is 1.70. The minimum atomic E-state index is -0.520. The van der Waals surface area contributed by atoms with Crippen molar-refractivity contribution < 1.29 is 9.53 Å². The van der Waals surface area contributed by atoms with E-state index in [-0.39, 0.29) is 5.82 Å². The Morgan fingerprint density at radius 1 is 1.61 bits per heavy atom. The topological polar surface area (TPSA) is 67.3 Å². The molecule has 0 aromatic carbocycles. The van der Waals surface area contributed by atoms with E-state index in [4.69, 9.17) is 0 Å². The maximum atomic E-state index is 11.3. The summed E-state index contributed by atoms with van der Waals surface area (Å²) in [6.45, 7) is 1.76. The third-order valence-electron chi connectivity index (χ3n) is 2.96. The molecule has 0 bridgehead atoms. The second-order valence-corrected chi connectivity index (χ2v) is 4.40. The van der Waals surface area contributed by atoms with Crippen molar-refractivity contribution in [1.29, 1.82) is 0 Å². The molecule has 98 valence electrons. The van der Waals surface area contributed by atoms with E-state index < -0.39 is 5.97 Å². The Hall–Kier alpha value is -1.69. The second-order valence-electron chi connectivity index (χ2n) is 4.40. The van der Waals surface area contributed by atoms with E-state index in [1.165, 1.54) is 20.0 Å². The summed E-state index contributed by atoms with van der Waals surface area (Å²) in [7, 11) is 3.44. The number of aromatic nitrogens is 2. The van der Waals surface area contributed by atoms with E-state index in [1.807, 2.05) is 0 Å². The van der Waals surface area contributed by atoms with Gasteiger partial charge in [-0.05, 0) is 26.0 Å². The van der Waals surface area contributed by atoms with E-state index in [0.717, 1.165) is 19.1 Å². The molecule has 1 heterocycles. The lowest BCUT2D eigenvalue weighted by Gasteiger charge is -2.15. The van der Waals surface area contributed by atoms with Crippen molar-refractivity contribution in [2.75, 3.05) is 32.6 Å². The van der Waals surface area contributed by atoms with Crippen LogP contribution in [0.5, 0.6) is 0 Å². The van der Waals surface area contributed by atoms with Crippen LogP contribution in [-0.4, -0.2) is 54.1 Å². The van der Waals surface area contributed by atoms with Crippen LogP contribution in [-0.2, 0) is 4.74 Å². The second kappa shape index (κ2) is 5.77. The molecule has 0 aliphatic heterocycles. The van der Waals surface area contributed by atoms with Gasteiger partial charge in [-0.25, -0.2) is 14.8 Å². The number of methoxy groups -OCH3 is 1. The largest absolute Gasteiger partial charge is 0.463 e. The first-order chi connectivity index (χ1) is 8.70. The molecule has 2 rings (SSSR count). The first kappa shape index (κ1) is 12.8. The zero-order chi connectivity index (χ0) is 13.0. The van der Waals surface area contributed by atoms with E-state index in [1.54, 1.807) is 12.3 Å². The highest BCUT2D eigenvalue weighted by atomic mass is 16.5. The summed E-state index contributed by atoms with van der Waals surface area (Å²) in [5.41, 5.74) is 0. The normalized spacial score (nSPS) is 14.6. The minimum absolute atomic E-state index is 0.0815. The van der Waals surface area contributed by atoms with Gasteiger partial charge >= 0.3 is 5.97 Å². The van der Waals surface area contributed by atoms with Crippen molar-refractivity contribution in [3.63, 3.8) is 0 Å². The summed E-state index contributed by atoms with van der Waals surface area (Å²) in [6, 6.07) is 2.49. The molecule has 0 saturated heterocycles. The van der Waals surface area contributed by atoms with Gasteiger partial charge in [-0.3, -0.25) is 0 Å². The fraction of sp³-hybridized carbons (Fsp3) is 0.583. The Labute approximate surface area is 106 Å². The smallest absolute Gasteiger partial charge is 0.376 e. The maximum absolute atomic E-state index is 11.3. The predicted octanol–water partition coefficient (Wildman–Crippen LogP) is 0.769. The van der Waals surface area contributed by atoms with Crippen LogP contribution in [0, 0.1) is 0 Å². The molecular formula is C12H18N4O2. The third-order valence-corrected chi connectivity index (χ3v) is 2.96. The van der Waals surface area contributed by atoms with Crippen LogP contribution in [0.3, 0.4) is 0 Å². The van der Waals surface area contributed by atoms with Gasteiger partial charge in [0.05, 0.1) is 7.11 Å². The number of likely N-dealkylation sites (N-methyl/N-ethyl adjacent to an activating group) is 1. The Morgan fingerprint density at radius 2 is 2.39 bits per heavy atom. The van der Waals surface area contributed by atoms with Crippen LogP contribution < -0.4 is 5.32 Å². The molecule has 0 atom stereocenters. The molecule has 1 aromatic rings. The van der Waals surface area contributed by atoms with Crippen molar-refractivity contribution >= 4 is 11.8 Å². The van der Waals surface area contributed by atoms with Crippen molar-refractivity contribution in [1.82, 2.24) is 14.9 Å². The highest BCUT2D eigenvalue weighted by Crippen LogP contribution is 2.24. The molecule has 1 N–H and O–H groups in total. The van der Waals surface area contributed by atoms with Gasteiger partial charge in [-0.15, -0.1) is 0 Å². The highest BCUT2D eigenvalue weighted by Gasteiger charge is 2.25. The summed E-state index contributed by atoms with van der Waals surface area (Å²) in [5.74, 6) is 0.210. The monoisotopic (exact) mass is 250 g/mol. The van der Waals surface area contributed by atoms with E-state index in [9.17, 15) is 4.79 Å². The summed E-state index contributed by atoms with van der Waals surface area (Å²) in [6.07, 6.45) is 4.15. The number of carbonyl (C=O) groups excluding carboxylic acids is 1. The molecule has 0 radical (unpaired) electrons. The number of hydrogen-bond acceptors (Lipinski definition) is 6. The molecule has 1 saturated carbocycles. The van der Waals surface area contributed by atoms with Crippen LogP contribution in [0.25, 0.3) is 0 Å². The maximum Gasteiger partial charge on any atom is 0.376 e. The number of esters is 1. The summed E-state index contributed by atoms with van der Waals surface area (Å²) < 4.78 is 4.57. The van der Waals surface area contributed by atoms with Gasteiger partial charge in [0.1, 0.15) is 5.82 Å². The lowest BCUT2D eigenvalue weighted by Crippen LogP contribution is -2.27. The Balaban J connectivity index is 1.83. The van der Waals surface area contributed by atoms with E-state index >= 15 is 0 Å². The van der Waals surface area contributed by atoms with Crippen molar-refractivity contribution in [2.24, 2.45) is 0 Å². The van der Waals surface area contributed by atoms with Crippen molar-refractivity contribution in [2.45, 2.75) is 18.9 Å². The molecule has 6 nitrogen and oxygen atoms in total. The zero-order valence-electron chi connectivity index (χ0n) is 10.7. The van der Waals surface area contributed by atoms with Gasteiger partial charge in [0.15, 0.2) is 0 Å². The molecule has 6 heteroatoms. The Morgan fingerprint density at radius 3 is 3.06 bits per heavy atom. The molecule has 1 fully saturated rings. The molecule has 0 spiro atoms. The Kier molecular flexibility index (Phi) is 4.09. The van der Waals surface area contributed by atoms with Crippen molar-refractivity contribution in [3.05, 3.63) is 18.1 Å². The average molecular weight is 250 g/mol. The zero-order valence-corrected chi connectivity index (χ0v) is 10.7. The number of nitrogens with one attached hydrogen (secondary N) is 1. The van der Waals surface area contributed by atoms with E-state index in [0.29, 0.717) is 5.82 Å². The van der Waals surface area contributed by atoms with Gasteiger partial charge in [-0.1, -0.05) is 0 Å². The highest BCUT2D eigenvalue weighted by molar-refractivity contribution is 5.85. The fourth-order valence-electron chi connectivity index (χ4n) is 1.70. The minimum Gasteiger partial charge on any atom is -0.463 e. The molecule has 0 amide bonds. The van der Waals surface area contributed by atoms with E-state index in [2.05, 4.69) is 32.0 Å². The number of anilines is 1. The number of ether oxygens (including phenoxy) is 1. The molecule has 1 aromatic heterocycles.